The Morgan fingerprint density at radius 1 is 1.00 bits per heavy atom. The van der Waals surface area contributed by atoms with Gasteiger partial charge in [0.2, 0.25) is 5.91 Å². The molecule has 4 aromatic rings. The number of carbonyl (C=O) groups is 1. The van der Waals surface area contributed by atoms with E-state index in [1.165, 1.54) is 9.60 Å². The van der Waals surface area contributed by atoms with Crippen molar-refractivity contribution in [3.05, 3.63) is 78.4 Å². The zero-order valence-corrected chi connectivity index (χ0v) is 16.4. The summed E-state index contributed by atoms with van der Waals surface area (Å²) in [7, 11) is 0. The number of amides is 1. The Bertz CT molecular complexity index is 1040. The molecule has 134 valence electrons. The first-order chi connectivity index (χ1) is 13.2. The van der Waals surface area contributed by atoms with E-state index in [1.807, 2.05) is 73.0 Å². The van der Waals surface area contributed by atoms with Crippen LogP contribution in [0.2, 0.25) is 0 Å². The van der Waals surface area contributed by atoms with Crippen LogP contribution >= 0.6 is 23.1 Å². The molecule has 0 unspecified atom stereocenters. The highest BCUT2D eigenvalue weighted by molar-refractivity contribution is 7.98. The first kappa shape index (κ1) is 17.8. The minimum atomic E-state index is -0.0142. The second-order valence-electron chi connectivity index (χ2n) is 6.14. The average molecular weight is 391 g/mol. The molecule has 3 nitrogen and oxygen atoms in total. The molecule has 0 fully saturated rings. The number of fused-ring (bicyclic) bond motifs is 1. The number of hydrogen-bond donors (Lipinski definition) is 1. The molecule has 0 saturated heterocycles. The van der Waals surface area contributed by atoms with E-state index in [2.05, 4.69) is 16.4 Å². The molecule has 1 N–H and O–H groups in total. The van der Waals surface area contributed by atoms with Crippen LogP contribution in [0.15, 0.2) is 77.7 Å². The van der Waals surface area contributed by atoms with Crippen LogP contribution in [-0.2, 0) is 11.2 Å². The molecule has 27 heavy (non-hydrogen) atoms. The summed E-state index contributed by atoms with van der Waals surface area (Å²) in [5.74, 6) is -0.0142. The van der Waals surface area contributed by atoms with Crippen molar-refractivity contribution in [1.82, 2.24) is 4.98 Å². The van der Waals surface area contributed by atoms with E-state index < -0.39 is 0 Å². The summed E-state index contributed by atoms with van der Waals surface area (Å²) in [5.41, 5.74) is 3.88. The molecule has 0 aliphatic heterocycles. The van der Waals surface area contributed by atoms with Crippen molar-refractivity contribution >= 4 is 44.9 Å². The fourth-order valence-electron chi connectivity index (χ4n) is 2.83. The summed E-state index contributed by atoms with van der Waals surface area (Å²) >= 11 is 3.37. The third-order valence-corrected chi connectivity index (χ3v) is 6.06. The van der Waals surface area contributed by atoms with E-state index in [9.17, 15) is 4.79 Å². The number of anilines is 1. The lowest BCUT2D eigenvalue weighted by molar-refractivity contribution is -0.115. The van der Waals surface area contributed by atoms with Crippen LogP contribution in [0.1, 0.15) is 5.56 Å². The van der Waals surface area contributed by atoms with E-state index >= 15 is 0 Å². The molecule has 1 amide bonds. The molecule has 0 aliphatic rings. The summed E-state index contributed by atoms with van der Waals surface area (Å²) in [5, 5.41) is 3.95. The molecule has 0 bridgehead atoms. The minimum Gasteiger partial charge on any atom is -0.326 e. The first-order valence-electron chi connectivity index (χ1n) is 8.60. The summed E-state index contributed by atoms with van der Waals surface area (Å²) in [4.78, 5) is 18.2. The number of para-hydroxylation sites is 1. The van der Waals surface area contributed by atoms with Crippen LogP contribution in [0.5, 0.6) is 0 Å². The van der Waals surface area contributed by atoms with Gasteiger partial charge in [-0.3, -0.25) is 4.79 Å². The van der Waals surface area contributed by atoms with Crippen molar-refractivity contribution in [3.8, 4) is 10.6 Å². The Kier molecular flexibility index (Phi) is 5.23. The number of thioether (sulfide) groups is 1. The van der Waals surface area contributed by atoms with Gasteiger partial charge >= 0.3 is 0 Å². The van der Waals surface area contributed by atoms with Crippen LogP contribution in [0.25, 0.3) is 20.8 Å². The Morgan fingerprint density at radius 2 is 1.74 bits per heavy atom. The maximum absolute atomic E-state index is 12.3. The molecule has 0 saturated carbocycles. The fourth-order valence-corrected chi connectivity index (χ4v) is 4.21. The van der Waals surface area contributed by atoms with Crippen molar-refractivity contribution in [2.24, 2.45) is 0 Å². The van der Waals surface area contributed by atoms with Gasteiger partial charge in [-0.2, -0.15) is 0 Å². The predicted octanol–water partition coefficient (Wildman–Crippen LogP) is 5.87. The summed E-state index contributed by atoms with van der Waals surface area (Å²) in [6.45, 7) is 0. The van der Waals surface area contributed by atoms with Crippen molar-refractivity contribution in [1.29, 1.82) is 0 Å². The van der Waals surface area contributed by atoms with Crippen LogP contribution in [0.4, 0.5) is 5.69 Å². The lowest BCUT2D eigenvalue weighted by Gasteiger charge is -2.06. The predicted molar refractivity (Wildman–Crippen MR) is 116 cm³/mol. The van der Waals surface area contributed by atoms with E-state index in [0.29, 0.717) is 6.42 Å². The van der Waals surface area contributed by atoms with Crippen molar-refractivity contribution < 1.29 is 4.79 Å². The lowest BCUT2D eigenvalue weighted by atomic mass is 10.1. The third kappa shape index (κ3) is 4.21. The number of nitrogens with zero attached hydrogens (tertiary/aromatic N) is 1. The van der Waals surface area contributed by atoms with Gasteiger partial charge in [-0.15, -0.1) is 23.1 Å². The standard InChI is InChI=1S/C22H18N2OS2/c1-26-18-12-6-15(7-13-18)14-21(25)23-17-10-8-16(9-11-17)22-24-19-4-2-3-5-20(19)27-22/h2-13H,14H2,1H3,(H,23,25). The Hall–Kier alpha value is -2.63. The Balaban J connectivity index is 1.43. The van der Waals surface area contributed by atoms with Gasteiger partial charge in [0, 0.05) is 16.1 Å². The number of rotatable bonds is 5. The summed E-state index contributed by atoms with van der Waals surface area (Å²) < 4.78 is 1.18. The molecule has 1 aromatic heterocycles. The largest absolute Gasteiger partial charge is 0.326 e. The molecule has 0 atom stereocenters. The van der Waals surface area contributed by atoms with Crippen molar-refractivity contribution in [2.75, 3.05) is 11.6 Å². The zero-order chi connectivity index (χ0) is 18.6. The maximum atomic E-state index is 12.3. The Morgan fingerprint density at radius 3 is 2.44 bits per heavy atom. The minimum absolute atomic E-state index is 0.0142. The molecule has 0 aliphatic carbocycles. The number of hydrogen-bond acceptors (Lipinski definition) is 4. The molecular weight excluding hydrogens is 372 g/mol. The normalized spacial score (nSPS) is 10.9. The second kappa shape index (κ2) is 7.94. The van der Waals surface area contributed by atoms with E-state index in [1.54, 1.807) is 23.1 Å². The first-order valence-corrected chi connectivity index (χ1v) is 10.6. The van der Waals surface area contributed by atoms with Gasteiger partial charge in [0.15, 0.2) is 0 Å². The van der Waals surface area contributed by atoms with E-state index in [4.69, 9.17) is 0 Å². The highest BCUT2D eigenvalue weighted by atomic mass is 32.2. The monoisotopic (exact) mass is 390 g/mol. The summed E-state index contributed by atoms with van der Waals surface area (Å²) in [6, 6.07) is 24.1. The molecular formula is C22H18N2OS2. The lowest BCUT2D eigenvalue weighted by Crippen LogP contribution is -2.14. The van der Waals surface area contributed by atoms with Gasteiger partial charge in [-0.05, 0) is 60.4 Å². The van der Waals surface area contributed by atoms with Gasteiger partial charge in [0.25, 0.3) is 0 Å². The molecule has 4 rings (SSSR count). The second-order valence-corrected chi connectivity index (χ2v) is 8.05. The van der Waals surface area contributed by atoms with Crippen molar-refractivity contribution in [2.45, 2.75) is 11.3 Å². The van der Waals surface area contributed by atoms with Crippen molar-refractivity contribution in [3.63, 3.8) is 0 Å². The van der Waals surface area contributed by atoms with Gasteiger partial charge in [0.1, 0.15) is 5.01 Å². The number of carbonyl (C=O) groups excluding carboxylic acids is 1. The number of thiazole rings is 1. The van der Waals surface area contributed by atoms with E-state index in [0.717, 1.165) is 27.3 Å². The average Bonchev–Trinajstić information content (AvgIpc) is 3.13. The fraction of sp³-hybridized carbons (Fsp3) is 0.0909. The zero-order valence-electron chi connectivity index (χ0n) is 14.8. The molecule has 5 heteroatoms. The van der Waals surface area contributed by atoms with Crippen LogP contribution in [0, 0.1) is 0 Å². The van der Waals surface area contributed by atoms with Crippen LogP contribution in [-0.4, -0.2) is 17.1 Å². The van der Waals surface area contributed by atoms with E-state index in [-0.39, 0.29) is 5.91 Å². The van der Waals surface area contributed by atoms with Gasteiger partial charge in [0.05, 0.1) is 16.6 Å². The number of benzene rings is 3. The SMILES string of the molecule is CSc1ccc(CC(=O)Nc2ccc(-c3nc4ccccc4s3)cc2)cc1. The molecule has 1 heterocycles. The molecule has 0 radical (unpaired) electrons. The van der Waals surface area contributed by atoms with Gasteiger partial charge in [-0.1, -0.05) is 24.3 Å². The highest BCUT2D eigenvalue weighted by Crippen LogP contribution is 2.30. The van der Waals surface area contributed by atoms with Gasteiger partial charge in [-0.25, -0.2) is 4.98 Å². The van der Waals surface area contributed by atoms with Gasteiger partial charge < -0.3 is 5.32 Å². The smallest absolute Gasteiger partial charge is 0.228 e. The van der Waals surface area contributed by atoms with Crippen LogP contribution in [0.3, 0.4) is 0 Å². The van der Waals surface area contributed by atoms with Crippen LogP contribution < -0.4 is 5.32 Å². The summed E-state index contributed by atoms with van der Waals surface area (Å²) in [6.07, 6.45) is 2.41. The Labute approximate surface area is 166 Å². The topological polar surface area (TPSA) is 42.0 Å². The number of nitrogens with one attached hydrogen (secondary N) is 1. The number of aromatic nitrogens is 1. The highest BCUT2D eigenvalue weighted by Gasteiger charge is 2.08. The molecule has 0 spiro atoms. The molecule has 3 aromatic carbocycles. The maximum Gasteiger partial charge on any atom is 0.228 e. The third-order valence-electron chi connectivity index (χ3n) is 4.23. The quantitative estimate of drug-likeness (QED) is 0.434.